The van der Waals surface area contributed by atoms with Gasteiger partial charge in [-0.25, -0.2) is 4.39 Å². The van der Waals surface area contributed by atoms with Crippen LogP contribution in [0.4, 0.5) is 4.39 Å². The standard InChI is InChI=1S/C22H25ClFN3O3/c1-30-18-5-2-16(3-6-18)15-26-10-12-27(13-11-26)21(28)8-9-25-22(29)19-7-4-17(24)14-20(19)23/h2-7,14H,8-13,15H2,1H3,(H,25,29). The Morgan fingerprint density at radius 1 is 1.10 bits per heavy atom. The predicted molar refractivity (Wildman–Crippen MR) is 113 cm³/mol. The lowest BCUT2D eigenvalue weighted by molar-refractivity contribution is -0.132. The summed E-state index contributed by atoms with van der Waals surface area (Å²) in [5.74, 6) is -0.0810. The summed E-state index contributed by atoms with van der Waals surface area (Å²) in [6.07, 6.45) is 0.211. The molecule has 6 nitrogen and oxygen atoms in total. The molecule has 0 spiro atoms. The fourth-order valence-corrected chi connectivity index (χ4v) is 3.61. The largest absolute Gasteiger partial charge is 0.497 e. The van der Waals surface area contributed by atoms with E-state index in [1.165, 1.54) is 17.7 Å². The molecule has 1 fully saturated rings. The molecule has 2 amide bonds. The summed E-state index contributed by atoms with van der Waals surface area (Å²) < 4.78 is 18.3. The van der Waals surface area contributed by atoms with Crippen molar-refractivity contribution in [1.29, 1.82) is 0 Å². The number of halogens is 2. The maximum absolute atomic E-state index is 13.1. The van der Waals surface area contributed by atoms with Gasteiger partial charge in [-0.05, 0) is 35.9 Å². The number of amides is 2. The van der Waals surface area contributed by atoms with Gasteiger partial charge < -0.3 is 15.0 Å². The molecule has 0 saturated carbocycles. The second kappa shape index (κ2) is 10.4. The number of nitrogens with zero attached hydrogens (tertiary/aromatic N) is 2. The van der Waals surface area contributed by atoms with E-state index in [1.807, 2.05) is 29.2 Å². The maximum atomic E-state index is 13.1. The predicted octanol–water partition coefficient (Wildman–Crippen LogP) is 2.95. The number of piperazine rings is 1. The maximum Gasteiger partial charge on any atom is 0.252 e. The van der Waals surface area contributed by atoms with Crippen molar-refractivity contribution in [3.8, 4) is 5.75 Å². The molecule has 0 aliphatic carbocycles. The van der Waals surface area contributed by atoms with Crippen LogP contribution in [0.2, 0.25) is 5.02 Å². The van der Waals surface area contributed by atoms with E-state index in [9.17, 15) is 14.0 Å². The zero-order valence-electron chi connectivity index (χ0n) is 16.9. The van der Waals surface area contributed by atoms with E-state index in [0.717, 1.165) is 31.5 Å². The van der Waals surface area contributed by atoms with E-state index in [0.29, 0.717) is 13.1 Å². The second-order valence-electron chi connectivity index (χ2n) is 7.14. The molecule has 30 heavy (non-hydrogen) atoms. The first-order valence-corrected chi connectivity index (χ1v) is 10.2. The van der Waals surface area contributed by atoms with Crippen molar-refractivity contribution in [2.24, 2.45) is 0 Å². The van der Waals surface area contributed by atoms with Gasteiger partial charge in [-0.15, -0.1) is 0 Å². The first-order chi connectivity index (χ1) is 14.5. The molecule has 0 aromatic heterocycles. The Balaban J connectivity index is 1.39. The summed E-state index contributed by atoms with van der Waals surface area (Å²) >= 11 is 5.89. The Kier molecular flexibility index (Phi) is 7.65. The Bertz CT molecular complexity index is 884. The van der Waals surface area contributed by atoms with Crippen LogP contribution in [-0.2, 0) is 11.3 Å². The summed E-state index contributed by atoms with van der Waals surface area (Å²) in [6.45, 7) is 3.96. The average Bonchev–Trinajstić information content (AvgIpc) is 2.74. The van der Waals surface area contributed by atoms with Crippen molar-refractivity contribution in [3.05, 3.63) is 64.4 Å². The van der Waals surface area contributed by atoms with E-state index in [2.05, 4.69) is 10.2 Å². The van der Waals surface area contributed by atoms with Crippen LogP contribution in [0.15, 0.2) is 42.5 Å². The van der Waals surface area contributed by atoms with Crippen LogP contribution in [0, 0.1) is 5.82 Å². The molecule has 3 rings (SSSR count). The molecule has 1 heterocycles. The molecule has 1 aliphatic rings. The lowest BCUT2D eigenvalue weighted by Gasteiger charge is -2.34. The number of rotatable bonds is 7. The third-order valence-corrected chi connectivity index (χ3v) is 5.40. The summed E-state index contributed by atoms with van der Waals surface area (Å²) in [4.78, 5) is 28.7. The van der Waals surface area contributed by atoms with Crippen LogP contribution in [0.25, 0.3) is 0 Å². The van der Waals surface area contributed by atoms with Gasteiger partial charge in [-0.1, -0.05) is 23.7 Å². The van der Waals surface area contributed by atoms with E-state index < -0.39 is 11.7 Å². The molecule has 1 aliphatic heterocycles. The summed E-state index contributed by atoms with van der Waals surface area (Å²) in [7, 11) is 1.65. The summed E-state index contributed by atoms with van der Waals surface area (Å²) in [5, 5.41) is 2.71. The fraction of sp³-hybridized carbons (Fsp3) is 0.364. The Hall–Kier alpha value is -2.64. The molecule has 0 radical (unpaired) electrons. The minimum absolute atomic E-state index is 0.00426. The minimum atomic E-state index is -0.502. The van der Waals surface area contributed by atoms with Gasteiger partial charge in [-0.2, -0.15) is 0 Å². The highest BCUT2D eigenvalue weighted by Gasteiger charge is 2.21. The monoisotopic (exact) mass is 433 g/mol. The Morgan fingerprint density at radius 2 is 1.80 bits per heavy atom. The number of hydrogen-bond acceptors (Lipinski definition) is 4. The first-order valence-electron chi connectivity index (χ1n) is 9.82. The van der Waals surface area contributed by atoms with Gasteiger partial charge in [-0.3, -0.25) is 14.5 Å². The zero-order valence-corrected chi connectivity index (χ0v) is 17.6. The van der Waals surface area contributed by atoms with Crippen LogP contribution in [0.3, 0.4) is 0 Å². The molecule has 1 N–H and O–H groups in total. The number of nitrogens with one attached hydrogen (secondary N) is 1. The molecule has 2 aromatic rings. The van der Waals surface area contributed by atoms with Gasteiger partial charge in [0.05, 0.1) is 17.7 Å². The lowest BCUT2D eigenvalue weighted by Crippen LogP contribution is -2.48. The Morgan fingerprint density at radius 3 is 2.43 bits per heavy atom. The van der Waals surface area contributed by atoms with Gasteiger partial charge in [0.1, 0.15) is 11.6 Å². The molecule has 0 unspecified atom stereocenters. The minimum Gasteiger partial charge on any atom is -0.497 e. The number of hydrogen-bond donors (Lipinski definition) is 1. The number of carbonyl (C=O) groups excluding carboxylic acids is 2. The first kappa shape index (κ1) is 22.1. The third kappa shape index (κ3) is 5.93. The fourth-order valence-electron chi connectivity index (χ4n) is 3.35. The summed E-state index contributed by atoms with van der Waals surface area (Å²) in [5.41, 5.74) is 1.40. The van der Waals surface area contributed by atoms with Crippen molar-refractivity contribution < 1.29 is 18.7 Å². The molecule has 2 aromatic carbocycles. The van der Waals surface area contributed by atoms with Gasteiger partial charge in [0, 0.05) is 45.7 Å². The molecule has 8 heteroatoms. The van der Waals surface area contributed by atoms with Crippen LogP contribution in [0.5, 0.6) is 5.75 Å². The van der Waals surface area contributed by atoms with Gasteiger partial charge >= 0.3 is 0 Å². The normalized spacial score (nSPS) is 14.4. The van der Waals surface area contributed by atoms with Crippen molar-refractivity contribution >= 4 is 23.4 Å². The SMILES string of the molecule is COc1ccc(CN2CCN(C(=O)CCNC(=O)c3ccc(F)cc3Cl)CC2)cc1. The third-order valence-electron chi connectivity index (χ3n) is 5.09. The second-order valence-corrected chi connectivity index (χ2v) is 7.54. The van der Waals surface area contributed by atoms with Crippen molar-refractivity contribution in [1.82, 2.24) is 15.1 Å². The van der Waals surface area contributed by atoms with Crippen molar-refractivity contribution in [2.75, 3.05) is 39.8 Å². The number of methoxy groups -OCH3 is 1. The lowest BCUT2D eigenvalue weighted by atomic mass is 10.2. The van der Waals surface area contributed by atoms with E-state index >= 15 is 0 Å². The highest BCUT2D eigenvalue weighted by Crippen LogP contribution is 2.17. The van der Waals surface area contributed by atoms with Gasteiger partial charge in [0.15, 0.2) is 0 Å². The van der Waals surface area contributed by atoms with Crippen molar-refractivity contribution in [3.63, 3.8) is 0 Å². The number of benzene rings is 2. The van der Waals surface area contributed by atoms with Crippen molar-refractivity contribution in [2.45, 2.75) is 13.0 Å². The Labute approximate surface area is 180 Å². The quantitative estimate of drug-likeness (QED) is 0.729. The summed E-state index contributed by atoms with van der Waals surface area (Å²) in [6, 6.07) is 11.6. The zero-order chi connectivity index (χ0) is 21.5. The van der Waals surface area contributed by atoms with Gasteiger partial charge in [0.2, 0.25) is 5.91 Å². The highest BCUT2D eigenvalue weighted by molar-refractivity contribution is 6.33. The van der Waals surface area contributed by atoms with E-state index in [1.54, 1.807) is 7.11 Å². The van der Waals surface area contributed by atoms with Crippen LogP contribution in [-0.4, -0.2) is 61.4 Å². The molecule has 0 bridgehead atoms. The van der Waals surface area contributed by atoms with Crippen LogP contribution < -0.4 is 10.1 Å². The molecule has 160 valence electrons. The topological polar surface area (TPSA) is 61.9 Å². The van der Waals surface area contributed by atoms with E-state index in [4.69, 9.17) is 16.3 Å². The number of ether oxygens (including phenoxy) is 1. The van der Waals surface area contributed by atoms with E-state index in [-0.39, 0.29) is 29.5 Å². The highest BCUT2D eigenvalue weighted by atomic mass is 35.5. The van der Waals surface area contributed by atoms with Crippen LogP contribution >= 0.6 is 11.6 Å². The molecule has 0 atom stereocenters. The molecular formula is C22H25ClFN3O3. The smallest absolute Gasteiger partial charge is 0.252 e. The van der Waals surface area contributed by atoms with Gasteiger partial charge in [0.25, 0.3) is 5.91 Å². The average molecular weight is 434 g/mol. The van der Waals surface area contributed by atoms with Crippen LogP contribution in [0.1, 0.15) is 22.3 Å². The molecular weight excluding hydrogens is 409 g/mol. The molecule has 1 saturated heterocycles. The number of carbonyl (C=O) groups is 2.